The molecule has 0 aliphatic heterocycles. The maximum atomic E-state index is 5.42. The summed E-state index contributed by atoms with van der Waals surface area (Å²) in [5, 5.41) is 0. The molecule has 0 bridgehead atoms. The van der Waals surface area contributed by atoms with Gasteiger partial charge in [-0.3, -0.25) is 0 Å². The van der Waals surface area contributed by atoms with Crippen LogP contribution in [0.2, 0.25) is 0 Å². The van der Waals surface area contributed by atoms with E-state index in [0.717, 1.165) is 18.4 Å². The third kappa shape index (κ3) is 3.52. The highest BCUT2D eigenvalue weighted by Crippen LogP contribution is 2.16. The Morgan fingerprint density at radius 1 is 1.22 bits per heavy atom. The molecular weight excluding hydrogens is 110 g/mol. The molecule has 0 amide bonds. The van der Waals surface area contributed by atoms with E-state index in [2.05, 4.69) is 20.8 Å². The van der Waals surface area contributed by atoms with Crippen molar-refractivity contribution >= 4 is 0 Å². The second kappa shape index (κ2) is 4.80. The SMILES string of the molecule is CC[C@@H](C)C(C)CCN. The van der Waals surface area contributed by atoms with Crippen molar-refractivity contribution in [1.29, 1.82) is 0 Å². The van der Waals surface area contributed by atoms with E-state index in [-0.39, 0.29) is 0 Å². The highest BCUT2D eigenvalue weighted by Gasteiger charge is 2.07. The largest absolute Gasteiger partial charge is 0.330 e. The van der Waals surface area contributed by atoms with E-state index >= 15 is 0 Å². The Morgan fingerprint density at radius 2 is 1.78 bits per heavy atom. The molecule has 0 aromatic heterocycles. The predicted molar refractivity (Wildman–Crippen MR) is 42.3 cm³/mol. The lowest BCUT2D eigenvalue weighted by Crippen LogP contribution is -2.12. The standard InChI is InChI=1S/C8H19N/c1-4-7(2)8(3)5-6-9/h7-8H,4-6,9H2,1-3H3/t7-,8?/m1/s1. The third-order valence-electron chi connectivity index (χ3n) is 2.24. The van der Waals surface area contributed by atoms with Gasteiger partial charge < -0.3 is 5.73 Å². The van der Waals surface area contributed by atoms with E-state index in [0.29, 0.717) is 0 Å². The average Bonchev–Trinajstić information content (AvgIpc) is 1.87. The van der Waals surface area contributed by atoms with Crippen LogP contribution in [0.15, 0.2) is 0 Å². The zero-order valence-electron chi connectivity index (χ0n) is 6.85. The van der Waals surface area contributed by atoms with Gasteiger partial charge in [-0.05, 0) is 24.8 Å². The van der Waals surface area contributed by atoms with Crippen molar-refractivity contribution in [2.45, 2.75) is 33.6 Å². The molecule has 2 N–H and O–H groups in total. The molecular formula is C8H19N. The molecule has 0 aliphatic carbocycles. The summed E-state index contributed by atoms with van der Waals surface area (Å²) < 4.78 is 0. The smallest absolute Gasteiger partial charge is 0.00746 e. The number of rotatable bonds is 4. The average molecular weight is 129 g/mol. The molecule has 0 aromatic rings. The van der Waals surface area contributed by atoms with Crippen LogP contribution in [-0.4, -0.2) is 6.54 Å². The molecule has 0 heterocycles. The van der Waals surface area contributed by atoms with Crippen molar-refractivity contribution < 1.29 is 0 Å². The molecule has 1 nitrogen and oxygen atoms in total. The molecule has 1 heteroatoms. The lowest BCUT2D eigenvalue weighted by molar-refractivity contribution is 0.359. The van der Waals surface area contributed by atoms with Crippen molar-refractivity contribution in [3.63, 3.8) is 0 Å². The fourth-order valence-corrected chi connectivity index (χ4v) is 0.950. The summed E-state index contributed by atoms with van der Waals surface area (Å²) in [4.78, 5) is 0. The van der Waals surface area contributed by atoms with Crippen LogP contribution in [0.5, 0.6) is 0 Å². The van der Waals surface area contributed by atoms with Crippen molar-refractivity contribution in [2.75, 3.05) is 6.54 Å². The van der Waals surface area contributed by atoms with Crippen LogP contribution in [0.3, 0.4) is 0 Å². The molecule has 0 rings (SSSR count). The van der Waals surface area contributed by atoms with E-state index in [1.807, 2.05) is 0 Å². The molecule has 2 atom stereocenters. The van der Waals surface area contributed by atoms with Crippen LogP contribution in [0.4, 0.5) is 0 Å². The van der Waals surface area contributed by atoms with Crippen LogP contribution >= 0.6 is 0 Å². The molecule has 1 unspecified atom stereocenters. The van der Waals surface area contributed by atoms with Crippen molar-refractivity contribution in [2.24, 2.45) is 17.6 Å². The Bertz CT molecular complexity index is 61.6. The van der Waals surface area contributed by atoms with Gasteiger partial charge in [-0.1, -0.05) is 27.2 Å². The van der Waals surface area contributed by atoms with Gasteiger partial charge in [0, 0.05) is 0 Å². The zero-order chi connectivity index (χ0) is 7.28. The van der Waals surface area contributed by atoms with Gasteiger partial charge in [0.25, 0.3) is 0 Å². The third-order valence-corrected chi connectivity index (χ3v) is 2.24. The van der Waals surface area contributed by atoms with Gasteiger partial charge in [0.05, 0.1) is 0 Å². The first-order valence-corrected chi connectivity index (χ1v) is 3.92. The Morgan fingerprint density at radius 3 is 2.11 bits per heavy atom. The molecule has 0 radical (unpaired) electrons. The van der Waals surface area contributed by atoms with Gasteiger partial charge >= 0.3 is 0 Å². The quantitative estimate of drug-likeness (QED) is 0.617. The van der Waals surface area contributed by atoms with Gasteiger partial charge in [-0.2, -0.15) is 0 Å². The first kappa shape index (κ1) is 8.96. The maximum Gasteiger partial charge on any atom is -0.00746 e. The Balaban J connectivity index is 3.32. The van der Waals surface area contributed by atoms with Gasteiger partial charge in [-0.15, -0.1) is 0 Å². The summed E-state index contributed by atoms with van der Waals surface area (Å²) in [6.07, 6.45) is 2.45. The Labute approximate surface area is 58.6 Å². The number of hydrogen-bond donors (Lipinski definition) is 1. The number of nitrogens with two attached hydrogens (primary N) is 1. The second-order valence-corrected chi connectivity index (χ2v) is 2.94. The van der Waals surface area contributed by atoms with Crippen LogP contribution in [0.1, 0.15) is 33.6 Å². The summed E-state index contributed by atoms with van der Waals surface area (Å²) in [6, 6.07) is 0. The molecule has 0 aromatic carbocycles. The van der Waals surface area contributed by atoms with Crippen LogP contribution in [0, 0.1) is 11.8 Å². The van der Waals surface area contributed by atoms with Crippen LogP contribution in [0.25, 0.3) is 0 Å². The Kier molecular flexibility index (Phi) is 4.78. The normalized spacial score (nSPS) is 17.3. The first-order chi connectivity index (χ1) is 4.22. The minimum atomic E-state index is 0.806. The zero-order valence-corrected chi connectivity index (χ0v) is 6.85. The monoisotopic (exact) mass is 129 g/mol. The maximum absolute atomic E-state index is 5.42. The molecule has 9 heavy (non-hydrogen) atoms. The van der Waals surface area contributed by atoms with Crippen LogP contribution in [-0.2, 0) is 0 Å². The highest BCUT2D eigenvalue weighted by molar-refractivity contribution is 4.59. The first-order valence-electron chi connectivity index (χ1n) is 3.92. The molecule has 0 fully saturated rings. The molecule has 0 saturated heterocycles. The van der Waals surface area contributed by atoms with Gasteiger partial charge in [0.1, 0.15) is 0 Å². The van der Waals surface area contributed by atoms with E-state index < -0.39 is 0 Å². The number of hydrogen-bond acceptors (Lipinski definition) is 1. The lowest BCUT2D eigenvalue weighted by Gasteiger charge is -2.16. The minimum absolute atomic E-state index is 0.806. The van der Waals surface area contributed by atoms with Crippen LogP contribution < -0.4 is 5.73 Å². The topological polar surface area (TPSA) is 26.0 Å². The fraction of sp³-hybridized carbons (Fsp3) is 1.00. The van der Waals surface area contributed by atoms with Gasteiger partial charge in [0.15, 0.2) is 0 Å². The fourth-order valence-electron chi connectivity index (χ4n) is 0.950. The molecule has 0 aliphatic rings. The predicted octanol–water partition coefficient (Wildman–Crippen LogP) is 2.02. The molecule has 56 valence electrons. The highest BCUT2D eigenvalue weighted by atomic mass is 14.5. The van der Waals surface area contributed by atoms with E-state index in [1.165, 1.54) is 12.8 Å². The van der Waals surface area contributed by atoms with Crippen molar-refractivity contribution in [3.8, 4) is 0 Å². The summed E-state index contributed by atoms with van der Waals surface area (Å²) in [5.74, 6) is 1.65. The van der Waals surface area contributed by atoms with Gasteiger partial charge in [-0.25, -0.2) is 0 Å². The van der Waals surface area contributed by atoms with Crippen molar-refractivity contribution in [1.82, 2.24) is 0 Å². The molecule has 0 spiro atoms. The summed E-state index contributed by atoms with van der Waals surface area (Å²) >= 11 is 0. The van der Waals surface area contributed by atoms with E-state index in [9.17, 15) is 0 Å². The van der Waals surface area contributed by atoms with E-state index in [4.69, 9.17) is 5.73 Å². The minimum Gasteiger partial charge on any atom is -0.330 e. The summed E-state index contributed by atoms with van der Waals surface area (Å²) in [5.41, 5.74) is 5.42. The van der Waals surface area contributed by atoms with E-state index in [1.54, 1.807) is 0 Å². The van der Waals surface area contributed by atoms with Crippen molar-refractivity contribution in [3.05, 3.63) is 0 Å². The van der Waals surface area contributed by atoms with Gasteiger partial charge in [0.2, 0.25) is 0 Å². The second-order valence-electron chi connectivity index (χ2n) is 2.94. The Hall–Kier alpha value is -0.0400. The summed E-state index contributed by atoms with van der Waals surface area (Å²) in [7, 11) is 0. The molecule has 0 saturated carbocycles. The lowest BCUT2D eigenvalue weighted by atomic mass is 9.91. The summed E-state index contributed by atoms with van der Waals surface area (Å²) in [6.45, 7) is 7.64.